The topological polar surface area (TPSA) is 59.5 Å². The number of aromatic nitrogens is 1. The highest BCUT2D eigenvalue weighted by Gasteiger charge is 2.18. The van der Waals surface area contributed by atoms with Gasteiger partial charge in [-0.25, -0.2) is 9.78 Å². The fourth-order valence-corrected chi connectivity index (χ4v) is 3.76. The first-order chi connectivity index (χ1) is 12.9. The molecule has 1 amide bonds. The van der Waals surface area contributed by atoms with E-state index >= 15 is 0 Å². The Balaban J connectivity index is 1.72. The Morgan fingerprint density at radius 3 is 2.41 bits per heavy atom. The number of carbonyl (C=O) groups excluding carboxylic acids is 2. The van der Waals surface area contributed by atoms with Gasteiger partial charge in [-0.1, -0.05) is 41.4 Å². The molecule has 2 aromatic carbocycles. The summed E-state index contributed by atoms with van der Waals surface area (Å²) in [4.78, 5) is 30.1. The van der Waals surface area contributed by atoms with Gasteiger partial charge in [0.2, 0.25) is 5.91 Å². The predicted molar refractivity (Wildman–Crippen MR) is 107 cm³/mol. The number of hydrogen-bond acceptors (Lipinski definition) is 5. The van der Waals surface area contributed by atoms with E-state index in [0.717, 1.165) is 5.69 Å². The fraction of sp³-hybridized carbons (Fsp3) is 0.105. The number of ether oxygens (including phenoxy) is 1. The summed E-state index contributed by atoms with van der Waals surface area (Å²) in [5.74, 6) is -0.715. The van der Waals surface area contributed by atoms with Crippen LogP contribution in [0.2, 0.25) is 10.0 Å². The Kier molecular flexibility index (Phi) is 6.11. The van der Waals surface area contributed by atoms with E-state index in [1.807, 2.05) is 30.3 Å². The van der Waals surface area contributed by atoms with Crippen LogP contribution in [0.1, 0.15) is 23.0 Å². The van der Waals surface area contributed by atoms with Crippen LogP contribution in [0.25, 0.3) is 0 Å². The highest BCUT2D eigenvalue weighted by Crippen LogP contribution is 2.29. The number of thiazole rings is 1. The van der Waals surface area contributed by atoms with Crippen molar-refractivity contribution in [3.8, 4) is 0 Å². The molecule has 0 unspecified atom stereocenters. The Morgan fingerprint density at radius 1 is 1.11 bits per heavy atom. The fourth-order valence-electron chi connectivity index (χ4n) is 2.36. The number of benzene rings is 2. The van der Waals surface area contributed by atoms with Gasteiger partial charge in [0.25, 0.3) is 0 Å². The van der Waals surface area contributed by atoms with E-state index in [-0.39, 0.29) is 18.1 Å². The highest BCUT2D eigenvalue weighted by molar-refractivity contribution is 7.14. The number of rotatable bonds is 5. The Morgan fingerprint density at radius 2 is 1.78 bits per heavy atom. The van der Waals surface area contributed by atoms with Gasteiger partial charge < -0.3 is 4.74 Å². The second-order valence-electron chi connectivity index (χ2n) is 5.55. The number of hydrogen-bond donors (Lipinski definition) is 0. The molecule has 138 valence electrons. The molecule has 0 spiro atoms. The molecule has 0 fully saturated rings. The van der Waals surface area contributed by atoms with Crippen molar-refractivity contribution in [1.29, 1.82) is 0 Å². The maximum absolute atomic E-state index is 12.2. The zero-order chi connectivity index (χ0) is 19.4. The molecule has 27 heavy (non-hydrogen) atoms. The van der Waals surface area contributed by atoms with Gasteiger partial charge >= 0.3 is 5.97 Å². The SMILES string of the molecule is CC(=O)N(c1ccccc1)c1nc(COC(=O)c2cc(Cl)cc(Cl)c2)cs1. The summed E-state index contributed by atoms with van der Waals surface area (Å²) in [6, 6.07) is 13.7. The van der Waals surface area contributed by atoms with E-state index in [1.165, 1.54) is 41.4 Å². The second kappa shape index (κ2) is 8.52. The molecule has 0 aliphatic carbocycles. The molecular formula is C19H14Cl2N2O3S. The molecule has 0 aliphatic rings. The van der Waals surface area contributed by atoms with Gasteiger partial charge in [0.05, 0.1) is 16.9 Å². The van der Waals surface area contributed by atoms with Crippen LogP contribution in [0.5, 0.6) is 0 Å². The number of halogens is 2. The highest BCUT2D eigenvalue weighted by atomic mass is 35.5. The van der Waals surface area contributed by atoms with E-state index in [0.29, 0.717) is 20.9 Å². The summed E-state index contributed by atoms with van der Waals surface area (Å²) in [7, 11) is 0. The molecule has 0 saturated heterocycles. The van der Waals surface area contributed by atoms with Crippen molar-refractivity contribution in [2.45, 2.75) is 13.5 Å². The van der Waals surface area contributed by atoms with Crippen molar-refractivity contribution < 1.29 is 14.3 Å². The van der Waals surface area contributed by atoms with Gasteiger partial charge in [-0.3, -0.25) is 9.69 Å². The summed E-state index contributed by atoms with van der Waals surface area (Å²) in [5, 5.41) is 2.95. The largest absolute Gasteiger partial charge is 0.456 e. The summed E-state index contributed by atoms with van der Waals surface area (Å²) in [6.07, 6.45) is 0. The lowest BCUT2D eigenvalue weighted by Crippen LogP contribution is -2.22. The minimum Gasteiger partial charge on any atom is -0.456 e. The average molecular weight is 421 g/mol. The van der Waals surface area contributed by atoms with Crippen LogP contribution in [0.4, 0.5) is 10.8 Å². The van der Waals surface area contributed by atoms with E-state index in [2.05, 4.69) is 4.98 Å². The molecule has 3 rings (SSSR count). The van der Waals surface area contributed by atoms with Crippen molar-refractivity contribution >= 4 is 57.2 Å². The number of para-hydroxylation sites is 1. The van der Waals surface area contributed by atoms with Crippen molar-refractivity contribution in [2.75, 3.05) is 4.90 Å². The molecule has 0 N–H and O–H groups in total. The number of amides is 1. The van der Waals surface area contributed by atoms with E-state index in [4.69, 9.17) is 27.9 Å². The summed E-state index contributed by atoms with van der Waals surface area (Å²) in [5.41, 5.74) is 1.52. The normalized spacial score (nSPS) is 10.5. The number of nitrogens with zero attached hydrogens (tertiary/aromatic N) is 2. The number of anilines is 2. The van der Waals surface area contributed by atoms with Crippen LogP contribution in [0.15, 0.2) is 53.9 Å². The lowest BCUT2D eigenvalue weighted by atomic mass is 10.2. The maximum atomic E-state index is 12.2. The summed E-state index contributed by atoms with van der Waals surface area (Å²) in [6.45, 7) is 1.44. The third-order valence-electron chi connectivity index (χ3n) is 3.51. The minimum atomic E-state index is -0.555. The molecule has 1 heterocycles. The van der Waals surface area contributed by atoms with Crippen molar-refractivity contribution in [3.63, 3.8) is 0 Å². The minimum absolute atomic E-state index is 0.0278. The predicted octanol–water partition coefficient (Wildman–Crippen LogP) is 5.49. The van der Waals surface area contributed by atoms with Crippen LogP contribution < -0.4 is 4.90 Å². The van der Waals surface area contributed by atoms with Crippen LogP contribution in [-0.2, 0) is 16.1 Å². The Hall–Kier alpha value is -2.41. The van der Waals surface area contributed by atoms with Crippen LogP contribution in [-0.4, -0.2) is 16.9 Å². The van der Waals surface area contributed by atoms with Gasteiger partial charge in [-0.05, 0) is 30.3 Å². The quantitative estimate of drug-likeness (QED) is 0.511. The lowest BCUT2D eigenvalue weighted by Gasteiger charge is -2.17. The Bertz CT molecular complexity index is 956. The van der Waals surface area contributed by atoms with Crippen LogP contribution in [0, 0.1) is 0 Å². The van der Waals surface area contributed by atoms with Gasteiger partial charge in [0.15, 0.2) is 5.13 Å². The Labute approximate surface area is 170 Å². The monoisotopic (exact) mass is 420 g/mol. The number of esters is 1. The van der Waals surface area contributed by atoms with Crippen molar-refractivity contribution in [1.82, 2.24) is 4.98 Å². The first kappa shape index (κ1) is 19.4. The second-order valence-corrected chi connectivity index (χ2v) is 7.26. The third-order valence-corrected chi connectivity index (χ3v) is 4.82. The first-order valence-electron chi connectivity index (χ1n) is 7.87. The number of carbonyl (C=O) groups is 2. The maximum Gasteiger partial charge on any atom is 0.338 e. The van der Waals surface area contributed by atoms with Gasteiger partial charge in [-0.2, -0.15) is 0 Å². The molecule has 0 bridgehead atoms. The molecule has 3 aromatic rings. The zero-order valence-electron chi connectivity index (χ0n) is 14.2. The van der Waals surface area contributed by atoms with E-state index in [1.54, 1.807) is 5.38 Å². The molecular weight excluding hydrogens is 407 g/mol. The molecule has 0 radical (unpaired) electrons. The van der Waals surface area contributed by atoms with E-state index in [9.17, 15) is 9.59 Å². The molecule has 8 heteroatoms. The molecule has 0 atom stereocenters. The van der Waals surface area contributed by atoms with Crippen molar-refractivity contribution in [2.24, 2.45) is 0 Å². The van der Waals surface area contributed by atoms with Crippen LogP contribution in [0.3, 0.4) is 0 Å². The van der Waals surface area contributed by atoms with Gasteiger partial charge in [-0.15, -0.1) is 11.3 Å². The molecule has 5 nitrogen and oxygen atoms in total. The van der Waals surface area contributed by atoms with Crippen molar-refractivity contribution in [3.05, 3.63) is 75.2 Å². The molecule has 1 aromatic heterocycles. The summed E-state index contributed by atoms with van der Waals surface area (Å²) >= 11 is 13.1. The first-order valence-corrected chi connectivity index (χ1v) is 9.51. The smallest absolute Gasteiger partial charge is 0.338 e. The standard InChI is InChI=1S/C19H14Cl2N2O3S/c1-12(24)23(17-5-3-2-4-6-17)19-22-16(11-27-19)10-26-18(25)13-7-14(20)9-15(21)8-13/h2-9,11H,10H2,1H3. The van der Waals surface area contributed by atoms with Gasteiger partial charge in [0, 0.05) is 22.3 Å². The third kappa shape index (κ3) is 4.86. The molecule has 0 aliphatic heterocycles. The average Bonchev–Trinajstić information content (AvgIpc) is 3.08. The molecule has 0 saturated carbocycles. The lowest BCUT2D eigenvalue weighted by molar-refractivity contribution is -0.115. The van der Waals surface area contributed by atoms with Crippen LogP contribution >= 0.6 is 34.5 Å². The zero-order valence-corrected chi connectivity index (χ0v) is 16.5. The van der Waals surface area contributed by atoms with Gasteiger partial charge in [0.1, 0.15) is 6.61 Å². The summed E-state index contributed by atoms with van der Waals surface area (Å²) < 4.78 is 5.27. The van der Waals surface area contributed by atoms with E-state index < -0.39 is 5.97 Å².